The molecular weight excluding hydrogens is 295 g/mol. The minimum Gasteiger partial charge on any atom is -0.481 e. The van der Waals surface area contributed by atoms with Crippen LogP contribution in [0.3, 0.4) is 0 Å². The van der Waals surface area contributed by atoms with Crippen LogP contribution in [0.15, 0.2) is 24.3 Å². The molecule has 0 bridgehead atoms. The Morgan fingerprint density at radius 3 is 2.32 bits per heavy atom. The van der Waals surface area contributed by atoms with Gasteiger partial charge in [-0.25, -0.2) is 0 Å². The molecule has 1 amide bonds. The minimum atomic E-state index is -4.37. The highest BCUT2D eigenvalue weighted by atomic mass is 19.4. The molecule has 0 spiro atoms. The molecule has 1 fully saturated rings. The monoisotopic (exact) mass is 315 g/mol. The van der Waals surface area contributed by atoms with Crippen LogP contribution < -0.4 is 10.1 Å². The van der Waals surface area contributed by atoms with E-state index in [1.54, 1.807) is 6.92 Å². The lowest BCUT2D eigenvalue weighted by molar-refractivity contribution is -0.137. The predicted octanol–water partition coefficient (Wildman–Crippen LogP) is 3.92. The topological polar surface area (TPSA) is 38.3 Å². The number of benzene rings is 1. The quantitative estimate of drug-likeness (QED) is 0.914. The molecule has 1 unspecified atom stereocenters. The van der Waals surface area contributed by atoms with Crippen molar-refractivity contribution < 1.29 is 22.7 Å². The van der Waals surface area contributed by atoms with Crippen molar-refractivity contribution in [3.63, 3.8) is 0 Å². The molecule has 1 aromatic rings. The number of carbonyl (C=O) groups is 1. The maximum atomic E-state index is 12.5. The van der Waals surface area contributed by atoms with E-state index in [0.29, 0.717) is 0 Å². The molecule has 3 nitrogen and oxygen atoms in total. The zero-order chi connectivity index (χ0) is 16.2. The number of amides is 1. The van der Waals surface area contributed by atoms with Gasteiger partial charge in [0.2, 0.25) is 0 Å². The van der Waals surface area contributed by atoms with Gasteiger partial charge in [0.15, 0.2) is 6.10 Å². The summed E-state index contributed by atoms with van der Waals surface area (Å²) in [5.41, 5.74) is -0.737. The van der Waals surface area contributed by atoms with Crippen LogP contribution >= 0.6 is 0 Å². The first-order chi connectivity index (χ1) is 10.4. The van der Waals surface area contributed by atoms with Gasteiger partial charge < -0.3 is 10.1 Å². The molecule has 1 saturated carbocycles. The summed E-state index contributed by atoms with van der Waals surface area (Å²) in [6.45, 7) is 1.59. The van der Waals surface area contributed by atoms with E-state index in [2.05, 4.69) is 5.32 Å². The third-order valence-corrected chi connectivity index (χ3v) is 3.82. The molecule has 1 atom stereocenters. The number of rotatable bonds is 4. The van der Waals surface area contributed by atoms with Crippen molar-refractivity contribution in [2.45, 2.75) is 57.3 Å². The van der Waals surface area contributed by atoms with Crippen LogP contribution in [-0.2, 0) is 11.0 Å². The summed E-state index contributed by atoms with van der Waals surface area (Å²) in [5.74, 6) is 0.0195. The number of alkyl halides is 3. The van der Waals surface area contributed by atoms with E-state index < -0.39 is 17.8 Å². The molecule has 122 valence electrons. The van der Waals surface area contributed by atoms with Crippen molar-refractivity contribution in [3.8, 4) is 5.75 Å². The largest absolute Gasteiger partial charge is 0.481 e. The third-order valence-electron chi connectivity index (χ3n) is 3.82. The van der Waals surface area contributed by atoms with Crippen LogP contribution in [0, 0.1) is 0 Å². The fourth-order valence-electron chi connectivity index (χ4n) is 2.55. The van der Waals surface area contributed by atoms with E-state index >= 15 is 0 Å². The van der Waals surface area contributed by atoms with Crippen LogP contribution in [0.4, 0.5) is 13.2 Å². The van der Waals surface area contributed by atoms with Gasteiger partial charge in [0, 0.05) is 6.04 Å². The number of halogens is 3. The highest BCUT2D eigenvalue weighted by Gasteiger charge is 2.30. The highest BCUT2D eigenvalue weighted by molar-refractivity contribution is 5.81. The zero-order valence-corrected chi connectivity index (χ0v) is 12.5. The lowest BCUT2D eigenvalue weighted by Crippen LogP contribution is -2.43. The van der Waals surface area contributed by atoms with E-state index in [4.69, 9.17) is 4.74 Å². The van der Waals surface area contributed by atoms with E-state index in [-0.39, 0.29) is 17.7 Å². The molecule has 1 N–H and O–H groups in total. The Bertz CT molecular complexity index is 493. The fraction of sp³-hybridized carbons (Fsp3) is 0.562. The summed E-state index contributed by atoms with van der Waals surface area (Å²) in [5, 5.41) is 2.93. The van der Waals surface area contributed by atoms with Crippen LogP contribution in [0.25, 0.3) is 0 Å². The standard InChI is InChI=1S/C16H20F3NO2/c1-11(15(21)20-13-5-3-2-4-6-13)22-14-9-7-12(8-10-14)16(17,18)19/h7-11,13H,2-6H2,1H3,(H,20,21). The molecule has 6 heteroatoms. The summed E-state index contributed by atoms with van der Waals surface area (Å²) in [7, 11) is 0. The van der Waals surface area contributed by atoms with Crippen molar-refractivity contribution >= 4 is 5.91 Å². The second kappa shape index (κ2) is 7.03. The number of nitrogens with one attached hydrogen (secondary N) is 1. The SMILES string of the molecule is CC(Oc1ccc(C(F)(F)F)cc1)C(=O)NC1CCCCC1. The van der Waals surface area contributed by atoms with Crippen molar-refractivity contribution in [1.29, 1.82) is 0 Å². The molecule has 1 aliphatic rings. The molecular formula is C16H20F3NO2. The van der Waals surface area contributed by atoms with Gasteiger partial charge in [-0.3, -0.25) is 4.79 Å². The van der Waals surface area contributed by atoms with Gasteiger partial charge in [0.1, 0.15) is 5.75 Å². The first-order valence-corrected chi connectivity index (χ1v) is 7.50. The average Bonchev–Trinajstić information content (AvgIpc) is 2.48. The van der Waals surface area contributed by atoms with E-state index in [1.807, 2.05) is 0 Å². The van der Waals surface area contributed by atoms with Gasteiger partial charge in [-0.15, -0.1) is 0 Å². The van der Waals surface area contributed by atoms with Gasteiger partial charge in [-0.2, -0.15) is 13.2 Å². The van der Waals surface area contributed by atoms with Crippen molar-refractivity contribution in [2.24, 2.45) is 0 Å². The molecule has 1 aliphatic carbocycles. The lowest BCUT2D eigenvalue weighted by Gasteiger charge is -2.24. The molecule has 0 saturated heterocycles. The molecule has 0 aromatic heterocycles. The third kappa shape index (κ3) is 4.64. The number of ether oxygens (including phenoxy) is 1. The van der Waals surface area contributed by atoms with Gasteiger partial charge >= 0.3 is 6.18 Å². The molecule has 1 aromatic carbocycles. The number of hydrogen-bond donors (Lipinski definition) is 1. The molecule has 0 heterocycles. The molecule has 2 rings (SSSR count). The summed E-state index contributed by atoms with van der Waals surface area (Å²) in [4.78, 5) is 12.0. The Balaban J connectivity index is 1.87. The lowest BCUT2D eigenvalue weighted by atomic mass is 9.95. The smallest absolute Gasteiger partial charge is 0.416 e. The Kier molecular flexibility index (Phi) is 5.32. The fourth-order valence-corrected chi connectivity index (χ4v) is 2.55. The normalized spacial score (nSPS) is 17.8. The highest BCUT2D eigenvalue weighted by Crippen LogP contribution is 2.30. The summed E-state index contributed by atoms with van der Waals surface area (Å²) in [6.07, 6.45) is 0.251. The average molecular weight is 315 g/mol. The maximum Gasteiger partial charge on any atom is 0.416 e. The van der Waals surface area contributed by atoms with Crippen LogP contribution in [0.2, 0.25) is 0 Å². The number of hydrogen-bond acceptors (Lipinski definition) is 2. The van der Waals surface area contributed by atoms with E-state index in [9.17, 15) is 18.0 Å². The minimum absolute atomic E-state index is 0.180. The zero-order valence-electron chi connectivity index (χ0n) is 12.5. The molecule has 22 heavy (non-hydrogen) atoms. The molecule has 0 aliphatic heterocycles. The molecule has 0 radical (unpaired) electrons. The second-order valence-corrected chi connectivity index (χ2v) is 5.63. The number of carbonyl (C=O) groups excluding carboxylic acids is 1. The summed E-state index contributed by atoms with van der Waals surface area (Å²) < 4.78 is 42.8. The van der Waals surface area contributed by atoms with Crippen molar-refractivity contribution in [1.82, 2.24) is 5.32 Å². The van der Waals surface area contributed by atoms with Gasteiger partial charge in [0.25, 0.3) is 5.91 Å². The Morgan fingerprint density at radius 1 is 1.18 bits per heavy atom. The maximum absolute atomic E-state index is 12.5. The van der Waals surface area contributed by atoms with Crippen LogP contribution in [0.1, 0.15) is 44.6 Å². The first kappa shape index (κ1) is 16.6. The summed E-state index contributed by atoms with van der Waals surface area (Å²) >= 11 is 0. The Hall–Kier alpha value is -1.72. The van der Waals surface area contributed by atoms with E-state index in [1.165, 1.54) is 18.6 Å². The summed E-state index contributed by atoms with van der Waals surface area (Å²) in [6, 6.07) is 4.53. The van der Waals surface area contributed by atoms with Gasteiger partial charge in [-0.05, 0) is 44.0 Å². The second-order valence-electron chi connectivity index (χ2n) is 5.63. The van der Waals surface area contributed by atoms with Crippen LogP contribution in [-0.4, -0.2) is 18.1 Å². The predicted molar refractivity (Wildman–Crippen MR) is 76.5 cm³/mol. The van der Waals surface area contributed by atoms with Gasteiger partial charge in [-0.1, -0.05) is 19.3 Å². The van der Waals surface area contributed by atoms with Gasteiger partial charge in [0.05, 0.1) is 5.56 Å². The van der Waals surface area contributed by atoms with Crippen LogP contribution in [0.5, 0.6) is 5.75 Å². The van der Waals surface area contributed by atoms with E-state index in [0.717, 1.165) is 37.8 Å². The first-order valence-electron chi connectivity index (χ1n) is 7.50. The van der Waals surface area contributed by atoms with Crippen molar-refractivity contribution in [2.75, 3.05) is 0 Å². The Morgan fingerprint density at radius 2 is 1.77 bits per heavy atom. The van der Waals surface area contributed by atoms with Crippen molar-refractivity contribution in [3.05, 3.63) is 29.8 Å². The Labute approximate surface area is 127 Å².